The van der Waals surface area contributed by atoms with E-state index >= 15 is 0 Å². The zero-order chi connectivity index (χ0) is 20.6. The summed E-state index contributed by atoms with van der Waals surface area (Å²) in [7, 11) is 0. The first-order valence-electron chi connectivity index (χ1n) is 10.5. The zero-order valence-electron chi connectivity index (χ0n) is 16.9. The van der Waals surface area contributed by atoms with E-state index in [1.165, 1.54) is 24.0 Å². The van der Waals surface area contributed by atoms with Crippen LogP contribution in [0.25, 0.3) is 28.3 Å². The molecule has 31 heavy (non-hydrogen) atoms. The summed E-state index contributed by atoms with van der Waals surface area (Å²) in [6, 6.07) is 18.4. The number of hydrogen-bond acceptors (Lipinski definition) is 5. The number of benzene rings is 1. The van der Waals surface area contributed by atoms with E-state index in [0.29, 0.717) is 12.5 Å². The number of rotatable bonds is 6. The summed E-state index contributed by atoms with van der Waals surface area (Å²) in [5.41, 5.74) is 7.17. The molecule has 7 heteroatoms. The van der Waals surface area contributed by atoms with Gasteiger partial charge >= 0.3 is 0 Å². The minimum atomic E-state index is 0.578. The van der Waals surface area contributed by atoms with Gasteiger partial charge in [0.15, 0.2) is 5.65 Å². The molecule has 1 aliphatic rings. The lowest BCUT2D eigenvalue weighted by molar-refractivity contribution is 0.925. The largest absolute Gasteiger partial charge is 0.366 e. The van der Waals surface area contributed by atoms with Crippen molar-refractivity contribution in [2.24, 2.45) is 0 Å². The number of pyridine rings is 1. The quantitative estimate of drug-likeness (QED) is 0.427. The summed E-state index contributed by atoms with van der Waals surface area (Å²) >= 11 is 0. The Kier molecular flexibility index (Phi) is 4.23. The third-order valence-electron chi connectivity index (χ3n) is 5.68. The van der Waals surface area contributed by atoms with Crippen molar-refractivity contribution in [2.75, 3.05) is 5.32 Å². The van der Waals surface area contributed by atoms with Crippen molar-refractivity contribution in [3.63, 3.8) is 0 Å². The molecule has 152 valence electrons. The molecule has 0 spiro atoms. The first-order chi connectivity index (χ1) is 15.3. The molecular weight excluding hydrogens is 386 g/mol. The van der Waals surface area contributed by atoms with Crippen LogP contribution in [0.15, 0.2) is 73.2 Å². The molecule has 0 aliphatic heterocycles. The van der Waals surface area contributed by atoms with Gasteiger partial charge < -0.3 is 5.32 Å². The second-order valence-corrected chi connectivity index (χ2v) is 7.87. The molecule has 6 rings (SSSR count). The van der Waals surface area contributed by atoms with E-state index < -0.39 is 0 Å². The van der Waals surface area contributed by atoms with Crippen LogP contribution in [0.3, 0.4) is 0 Å². The Balaban J connectivity index is 1.30. The molecule has 7 nitrogen and oxygen atoms in total. The van der Waals surface area contributed by atoms with Crippen molar-refractivity contribution in [1.29, 1.82) is 0 Å². The van der Waals surface area contributed by atoms with Gasteiger partial charge in [0.05, 0.1) is 23.3 Å². The van der Waals surface area contributed by atoms with E-state index in [4.69, 9.17) is 4.98 Å². The van der Waals surface area contributed by atoms with Gasteiger partial charge in [-0.2, -0.15) is 14.7 Å². The fraction of sp³-hybridized carbons (Fsp3) is 0.167. The average Bonchev–Trinajstić information content (AvgIpc) is 3.33. The molecule has 0 radical (unpaired) electrons. The number of hydrogen-bond donors (Lipinski definition) is 2. The van der Waals surface area contributed by atoms with Crippen LogP contribution in [0.5, 0.6) is 0 Å². The summed E-state index contributed by atoms with van der Waals surface area (Å²) in [4.78, 5) is 9.30. The van der Waals surface area contributed by atoms with Crippen LogP contribution in [-0.4, -0.2) is 29.8 Å². The number of anilines is 1. The summed E-state index contributed by atoms with van der Waals surface area (Å²) in [5, 5.41) is 15.3. The average molecular weight is 407 g/mol. The minimum Gasteiger partial charge on any atom is -0.366 e. The summed E-state index contributed by atoms with van der Waals surface area (Å²) < 4.78 is 1.91. The number of H-pyrrole nitrogens is 1. The van der Waals surface area contributed by atoms with Crippen LogP contribution in [0.1, 0.15) is 29.9 Å². The SMILES string of the molecule is c1ccc(-c2ccc(CNc3cc(-c4ccn[nH]4)nc4c(C5CC5)cnn34)cc2)nc1. The van der Waals surface area contributed by atoms with Crippen LogP contribution in [-0.2, 0) is 6.54 Å². The van der Waals surface area contributed by atoms with Crippen molar-refractivity contribution in [3.8, 4) is 22.6 Å². The topological polar surface area (TPSA) is 83.8 Å². The second-order valence-electron chi connectivity index (χ2n) is 7.87. The lowest BCUT2D eigenvalue weighted by atomic mass is 10.1. The Labute approximate surface area is 179 Å². The van der Waals surface area contributed by atoms with Crippen LogP contribution < -0.4 is 5.32 Å². The van der Waals surface area contributed by atoms with E-state index in [9.17, 15) is 0 Å². The predicted molar refractivity (Wildman–Crippen MR) is 120 cm³/mol. The molecular formula is C24H21N7. The van der Waals surface area contributed by atoms with Crippen molar-refractivity contribution in [1.82, 2.24) is 29.8 Å². The molecule has 0 unspecified atom stereocenters. The van der Waals surface area contributed by atoms with Crippen molar-refractivity contribution in [3.05, 3.63) is 84.3 Å². The lowest BCUT2D eigenvalue weighted by Gasteiger charge is -2.11. The van der Waals surface area contributed by atoms with Crippen LogP contribution in [0.4, 0.5) is 5.82 Å². The smallest absolute Gasteiger partial charge is 0.161 e. The van der Waals surface area contributed by atoms with E-state index in [1.807, 2.05) is 47.2 Å². The third-order valence-corrected chi connectivity index (χ3v) is 5.68. The molecule has 4 aromatic heterocycles. The standard InChI is InChI=1S/C24H21N7/c1-2-11-25-20(3-1)18-6-4-16(5-7-18)14-26-23-13-22(21-10-12-27-30-21)29-24-19(17-8-9-17)15-28-31(23)24/h1-7,10-13,15,17,26H,8-9,14H2,(H,27,30). The Morgan fingerprint density at radius 2 is 1.90 bits per heavy atom. The van der Waals surface area contributed by atoms with Gasteiger partial charge in [0, 0.05) is 36.1 Å². The highest BCUT2D eigenvalue weighted by atomic mass is 15.3. The minimum absolute atomic E-state index is 0.578. The van der Waals surface area contributed by atoms with Crippen molar-refractivity contribution < 1.29 is 0 Å². The van der Waals surface area contributed by atoms with E-state index in [-0.39, 0.29) is 0 Å². The fourth-order valence-electron chi connectivity index (χ4n) is 3.84. The third kappa shape index (κ3) is 3.44. The summed E-state index contributed by atoms with van der Waals surface area (Å²) in [5.74, 6) is 1.49. The van der Waals surface area contributed by atoms with Crippen LogP contribution >= 0.6 is 0 Å². The molecule has 1 saturated carbocycles. The molecule has 4 heterocycles. The number of aromatic amines is 1. The van der Waals surface area contributed by atoms with Gasteiger partial charge in [-0.3, -0.25) is 10.1 Å². The van der Waals surface area contributed by atoms with Gasteiger partial charge in [0.1, 0.15) is 5.82 Å². The fourth-order valence-corrected chi connectivity index (χ4v) is 3.84. The van der Waals surface area contributed by atoms with Gasteiger partial charge in [0.25, 0.3) is 0 Å². The molecule has 0 bridgehead atoms. The lowest BCUT2D eigenvalue weighted by Crippen LogP contribution is -2.07. The maximum atomic E-state index is 4.88. The van der Waals surface area contributed by atoms with Crippen molar-refractivity contribution in [2.45, 2.75) is 25.3 Å². The normalized spacial score (nSPS) is 13.5. The molecule has 2 N–H and O–H groups in total. The van der Waals surface area contributed by atoms with Gasteiger partial charge in [-0.15, -0.1) is 0 Å². The highest BCUT2D eigenvalue weighted by Crippen LogP contribution is 2.42. The molecule has 0 atom stereocenters. The predicted octanol–water partition coefficient (Wildman–Crippen LogP) is 4.67. The highest BCUT2D eigenvalue weighted by molar-refractivity contribution is 5.66. The number of nitrogens with one attached hydrogen (secondary N) is 2. The Morgan fingerprint density at radius 1 is 1.00 bits per heavy atom. The van der Waals surface area contributed by atoms with E-state index in [1.54, 1.807) is 6.20 Å². The molecule has 5 aromatic rings. The molecule has 1 fully saturated rings. The molecule has 0 saturated heterocycles. The number of nitrogens with zero attached hydrogens (tertiary/aromatic N) is 5. The van der Waals surface area contributed by atoms with Gasteiger partial charge in [-0.1, -0.05) is 30.3 Å². The number of aromatic nitrogens is 6. The summed E-state index contributed by atoms with van der Waals surface area (Å²) in [6.45, 7) is 0.683. The Bertz CT molecular complexity index is 1320. The van der Waals surface area contributed by atoms with Crippen LogP contribution in [0, 0.1) is 0 Å². The highest BCUT2D eigenvalue weighted by Gasteiger charge is 2.28. The van der Waals surface area contributed by atoms with E-state index in [0.717, 1.165) is 34.1 Å². The Hall–Kier alpha value is -4.00. The second kappa shape index (κ2) is 7.36. The zero-order valence-corrected chi connectivity index (χ0v) is 16.9. The van der Waals surface area contributed by atoms with Gasteiger partial charge in [0.2, 0.25) is 0 Å². The molecule has 1 aliphatic carbocycles. The maximum Gasteiger partial charge on any atom is 0.161 e. The van der Waals surface area contributed by atoms with Gasteiger partial charge in [-0.25, -0.2) is 4.98 Å². The van der Waals surface area contributed by atoms with Crippen LogP contribution in [0.2, 0.25) is 0 Å². The Morgan fingerprint density at radius 3 is 2.65 bits per heavy atom. The first-order valence-corrected chi connectivity index (χ1v) is 10.5. The van der Waals surface area contributed by atoms with Gasteiger partial charge in [-0.05, 0) is 42.5 Å². The molecule has 1 aromatic carbocycles. The van der Waals surface area contributed by atoms with E-state index in [2.05, 4.69) is 49.9 Å². The maximum absolute atomic E-state index is 4.88. The number of fused-ring (bicyclic) bond motifs is 1. The summed E-state index contributed by atoms with van der Waals surface area (Å²) in [6.07, 6.45) is 7.95. The molecule has 0 amide bonds. The monoisotopic (exact) mass is 407 g/mol. The first kappa shape index (κ1) is 17.8. The van der Waals surface area contributed by atoms with Crippen molar-refractivity contribution >= 4 is 11.5 Å².